The van der Waals surface area contributed by atoms with Crippen LogP contribution in [0.1, 0.15) is 26.3 Å². The lowest BCUT2D eigenvalue weighted by Crippen LogP contribution is -2.11. The molecule has 4 rings (SSSR count). The van der Waals surface area contributed by atoms with Crippen LogP contribution in [0.25, 0.3) is 16.9 Å². The second kappa shape index (κ2) is 5.05. The summed E-state index contributed by atoms with van der Waals surface area (Å²) in [5.74, 6) is -0.954. The number of cyclic esters (lactones) is 1. The standard InChI is InChI=1S/C16H11N3O5/c1-23-15(21)12-6-19(5-11-13(12)17-18-14(11)20)9-2-3-10-8(4-9)7-24-16(10)22/h2-6H,7H2,1H3,(H,18,20). The Balaban J connectivity index is 1.92. The first kappa shape index (κ1) is 14.2. The predicted molar refractivity (Wildman–Crippen MR) is 81.3 cm³/mol. The van der Waals surface area contributed by atoms with E-state index in [9.17, 15) is 14.4 Å². The largest absolute Gasteiger partial charge is 0.465 e. The van der Waals surface area contributed by atoms with Crippen molar-refractivity contribution < 1.29 is 19.1 Å². The Morgan fingerprint density at radius 3 is 2.92 bits per heavy atom. The Morgan fingerprint density at radius 1 is 1.29 bits per heavy atom. The molecule has 1 N–H and O–H groups in total. The summed E-state index contributed by atoms with van der Waals surface area (Å²) in [5.41, 5.74) is 2.24. The third-order valence-electron chi connectivity index (χ3n) is 3.93. The van der Waals surface area contributed by atoms with E-state index in [1.807, 2.05) is 0 Å². The van der Waals surface area contributed by atoms with Crippen LogP contribution in [0.5, 0.6) is 0 Å². The topological polar surface area (TPSA) is 103 Å². The van der Waals surface area contributed by atoms with Crippen molar-refractivity contribution >= 4 is 11.9 Å². The summed E-state index contributed by atoms with van der Waals surface area (Å²) in [4.78, 5) is 35.4. The number of carbonyl (C=O) groups is 2. The van der Waals surface area contributed by atoms with Crippen LogP contribution in [0.2, 0.25) is 0 Å². The fraction of sp³-hybridized carbons (Fsp3) is 0.125. The number of hydrogen-bond donors (Lipinski definition) is 1. The molecule has 8 nitrogen and oxygen atoms in total. The van der Waals surface area contributed by atoms with Crippen LogP contribution in [0.3, 0.4) is 0 Å². The molecule has 0 atom stereocenters. The lowest BCUT2D eigenvalue weighted by atomic mass is 10.1. The Labute approximate surface area is 135 Å². The van der Waals surface area contributed by atoms with E-state index >= 15 is 0 Å². The quantitative estimate of drug-likeness (QED) is 0.708. The van der Waals surface area contributed by atoms with E-state index in [1.165, 1.54) is 13.3 Å². The Bertz CT molecular complexity index is 1020. The molecule has 0 radical (unpaired) electrons. The fourth-order valence-electron chi connectivity index (χ4n) is 2.73. The number of aromatic amines is 1. The molecular weight excluding hydrogens is 314 g/mol. The van der Waals surface area contributed by atoms with Crippen molar-refractivity contribution in [2.75, 3.05) is 7.11 Å². The minimum atomic E-state index is -0.597. The van der Waals surface area contributed by atoms with Gasteiger partial charge in [-0.1, -0.05) is 0 Å². The maximum Gasteiger partial charge on any atom is 0.341 e. The van der Waals surface area contributed by atoms with Crippen LogP contribution in [0.15, 0.2) is 35.4 Å². The summed E-state index contributed by atoms with van der Waals surface area (Å²) in [6.07, 6.45) is 3.11. The average Bonchev–Trinajstić information content (AvgIpc) is 3.16. The van der Waals surface area contributed by atoms with Gasteiger partial charge in [0, 0.05) is 23.6 Å². The molecule has 0 aliphatic carbocycles. The van der Waals surface area contributed by atoms with E-state index in [4.69, 9.17) is 9.47 Å². The number of ether oxygens (including phenoxy) is 2. The molecule has 0 bridgehead atoms. The molecule has 0 aromatic heterocycles. The van der Waals surface area contributed by atoms with Gasteiger partial charge in [-0.15, -0.1) is 0 Å². The van der Waals surface area contributed by atoms with Crippen LogP contribution in [0, 0.1) is 0 Å². The van der Waals surface area contributed by atoms with Gasteiger partial charge in [0.1, 0.15) is 17.9 Å². The van der Waals surface area contributed by atoms with E-state index in [0.717, 1.165) is 5.56 Å². The van der Waals surface area contributed by atoms with E-state index in [0.29, 0.717) is 11.3 Å². The molecule has 3 aliphatic heterocycles. The first-order valence-corrected chi connectivity index (χ1v) is 7.07. The molecule has 1 aromatic carbocycles. The van der Waals surface area contributed by atoms with Crippen molar-refractivity contribution in [3.63, 3.8) is 0 Å². The molecule has 0 fully saturated rings. The van der Waals surface area contributed by atoms with Gasteiger partial charge < -0.3 is 14.0 Å². The van der Waals surface area contributed by atoms with Gasteiger partial charge in [0.05, 0.1) is 18.2 Å². The lowest BCUT2D eigenvalue weighted by molar-refractivity contribution is 0.0534. The zero-order valence-corrected chi connectivity index (χ0v) is 12.5. The average molecular weight is 325 g/mol. The highest BCUT2D eigenvalue weighted by Gasteiger charge is 2.24. The van der Waals surface area contributed by atoms with Crippen molar-refractivity contribution in [1.29, 1.82) is 0 Å². The minimum Gasteiger partial charge on any atom is -0.465 e. The zero-order chi connectivity index (χ0) is 16.8. The fourth-order valence-corrected chi connectivity index (χ4v) is 2.73. The number of nitrogens with one attached hydrogen (secondary N) is 1. The summed E-state index contributed by atoms with van der Waals surface area (Å²) in [6.45, 7) is 0.202. The molecular formula is C16H11N3O5. The van der Waals surface area contributed by atoms with E-state index in [1.54, 1.807) is 29.0 Å². The van der Waals surface area contributed by atoms with Crippen LogP contribution in [-0.2, 0) is 16.1 Å². The number of H-pyrrole nitrogens is 1. The highest BCUT2D eigenvalue weighted by atomic mass is 16.5. The Kier molecular flexibility index (Phi) is 2.99. The SMILES string of the molecule is COC(=O)c1cn(-c2ccc3c(c2)COC3=O)cc2c(=O)[nH]nc1-2. The maximum atomic E-state index is 12.0. The monoisotopic (exact) mass is 325 g/mol. The summed E-state index contributed by atoms with van der Waals surface area (Å²) in [6, 6.07) is 5.14. The van der Waals surface area contributed by atoms with Gasteiger partial charge in [-0.25, -0.2) is 14.7 Å². The zero-order valence-electron chi connectivity index (χ0n) is 12.5. The number of fused-ring (bicyclic) bond motifs is 2. The van der Waals surface area contributed by atoms with E-state index in [2.05, 4.69) is 10.2 Å². The summed E-state index contributed by atoms with van der Waals surface area (Å²) >= 11 is 0. The number of hydrogen-bond acceptors (Lipinski definition) is 6. The number of pyridine rings is 1. The third-order valence-corrected chi connectivity index (χ3v) is 3.93. The molecule has 3 aliphatic rings. The highest BCUT2D eigenvalue weighted by molar-refractivity contribution is 5.96. The van der Waals surface area contributed by atoms with Gasteiger partial charge in [-0.05, 0) is 18.2 Å². The second-order valence-electron chi connectivity index (χ2n) is 5.30. The lowest BCUT2D eigenvalue weighted by Gasteiger charge is -2.12. The predicted octanol–water partition coefficient (Wildman–Crippen LogP) is 1.12. The van der Waals surface area contributed by atoms with Gasteiger partial charge in [-0.2, -0.15) is 5.10 Å². The van der Waals surface area contributed by atoms with E-state index in [-0.39, 0.29) is 29.4 Å². The van der Waals surface area contributed by atoms with Crippen LogP contribution in [-0.4, -0.2) is 33.8 Å². The van der Waals surface area contributed by atoms with Crippen molar-refractivity contribution in [3.8, 4) is 16.9 Å². The van der Waals surface area contributed by atoms with Crippen molar-refractivity contribution in [2.45, 2.75) is 6.61 Å². The summed E-state index contributed by atoms with van der Waals surface area (Å²) < 4.78 is 11.4. The van der Waals surface area contributed by atoms with Crippen LogP contribution >= 0.6 is 0 Å². The molecule has 0 spiro atoms. The van der Waals surface area contributed by atoms with Gasteiger partial charge in [0.15, 0.2) is 0 Å². The molecule has 0 unspecified atom stereocenters. The second-order valence-corrected chi connectivity index (χ2v) is 5.30. The Hall–Kier alpha value is -3.42. The summed E-state index contributed by atoms with van der Waals surface area (Å²) in [5, 5.41) is 6.20. The van der Waals surface area contributed by atoms with Crippen LogP contribution in [0.4, 0.5) is 0 Å². The Morgan fingerprint density at radius 2 is 2.12 bits per heavy atom. The van der Waals surface area contributed by atoms with Gasteiger partial charge >= 0.3 is 11.9 Å². The first-order chi connectivity index (χ1) is 11.6. The molecule has 0 saturated heterocycles. The van der Waals surface area contributed by atoms with Gasteiger partial charge in [0.2, 0.25) is 0 Å². The van der Waals surface area contributed by atoms with E-state index < -0.39 is 11.5 Å². The number of benzene rings is 1. The number of nitrogens with zero attached hydrogens (tertiary/aromatic N) is 2. The van der Waals surface area contributed by atoms with Crippen molar-refractivity contribution in [2.24, 2.45) is 0 Å². The van der Waals surface area contributed by atoms with Crippen molar-refractivity contribution in [1.82, 2.24) is 14.8 Å². The first-order valence-electron chi connectivity index (χ1n) is 7.07. The number of methoxy groups -OCH3 is 1. The smallest absolute Gasteiger partial charge is 0.341 e. The third kappa shape index (κ3) is 2.00. The molecule has 0 amide bonds. The molecule has 8 heteroatoms. The molecule has 3 heterocycles. The molecule has 24 heavy (non-hydrogen) atoms. The van der Waals surface area contributed by atoms with Gasteiger partial charge in [-0.3, -0.25) is 4.79 Å². The normalized spacial score (nSPS) is 13.0. The van der Waals surface area contributed by atoms with Crippen molar-refractivity contribution in [3.05, 3.63) is 57.6 Å². The minimum absolute atomic E-state index is 0.168. The molecule has 0 saturated carbocycles. The van der Waals surface area contributed by atoms with Crippen LogP contribution < -0.4 is 5.56 Å². The number of rotatable bonds is 2. The highest BCUT2D eigenvalue weighted by Crippen LogP contribution is 2.26. The number of esters is 2. The molecule has 1 aromatic rings. The summed E-state index contributed by atoms with van der Waals surface area (Å²) in [7, 11) is 1.26. The number of aromatic nitrogens is 3. The maximum absolute atomic E-state index is 12.0. The molecule has 120 valence electrons. The number of carbonyl (C=O) groups excluding carboxylic acids is 2. The van der Waals surface area contributed by atoms with Gasteiger partial charge in [0.25, 0.3) is 5.56 Å².